The molecule has 1 fully saturated rings. The van der Waals surface area contributed by atoms with Crippen molar-refractivity contribution in [1.82, 2.24) is 5.32 Å². The third-order valence-corrected chi connectivity index (χ3v) is 2.35. The maximum absolute atomic E-state index is 5.67. The van der Waals surface area contributed by atoms with E-state index in [1.807, 2.05) is 0 Å². The monoisotopic (exact) mass is 187 g/mol. The maximum atomic E-state index is 5.67. The van der Waals surface area contributed by atoms with E-state index in [9.17, 15) is 0 Å². The minimum atomic E-state index is -0.237. The Hall–Kier alpha value is 0.375. The second kappa shape index (κ2) is 4.57. The summed E-state index contributed by atoms with van der Waals surface area (Å²) in [6, 6.07) is -0.209. The van der Waals surface area contributed by atoms with Gasteiger partial charge in [0.2, 0.25) is 0 Å². The zero-order valence-corrected chi connectivity index (χ0v) is 8.53. The van der Waals surface area contributed by atoms with Gasteiger partial charge in [-0.25, -0.2) is 0 Å². The van der Waals surface area contributed by atoms with E-state index in [4.69, 9.17) is 17.1 Å². The molecule has 0 aromatic heterocycles. The van der Waals surface area contributed by atoms with Gasteiger partial charge in [-0.3, -0.25) is 0 Å². The Morgan fingerprint density at radius 2 is 2.58 bits per heavy atom. The fourth-order valence-corrected chi connectivity index (χ4v) is 1.70. The predicted molar refractivity (Wildman–Crippen MR) is 52.2 cm³/mol. The maximum Gasteiger partial charge on any atom is 0.110 e. The van der Waals surface area contributed by atoms with Crippen molar-refractivity contribution in [3.63, 3.8) is 0 Å². The Morgan fingerprint density at radius 1 is 1.83 bits per heavy atom. The van der Waals surface area contributed by atoms with Gasteiger partial charge in [0.25, 0.3) is 0 Å². The van der Waals surface area contributed by atoms with Crippen LogP contribution in [-0.2, 0) is 9.26 Å². The summed E-state index contributed by atoms with van der Waals surface area (Å²) in [5, 5.41) is 3.22. The first kappa shape index (κ1) is 10.5. The number of rotatable bonds is 3. The summed E-state index contributed by atoms with van der Waals surface area (Å²) in [5.74, 6) is 0. The second-order valence-electron chi connectivity index (χ2n) is 3.13. The molecule has 1 N–H and O–H groups in total. The van der Waals surface area contributed by atoms with Crippen molar-refractivity contribution in [1.29, 1.82) is 0 Å². The minimum Gasteiger partial charge on any atom is -0.377 e. The summed E-state index contributed by atoms with van der Waals surface area (Å²) in [7, 11) is 7.91. The molecule has 0 aromatic carbocycles. The van der Waals surface area contributed by atoms with Crippen LogP contribution in [0.25, 0.3) is 0 Å². The van der Waals surface area contributed by atoms with Crippen molar-refractivity contribution in [3.8, 4) is 0 Å². The van der Waals surface area contributed by atoms with Gasteiger partial charge in [-0.2, -0.15) is 0 Å². The standard InChI is InChI=1S/C7H15BNO2P/c1-2-7(5-10-12)4-9-3-6(8)11-7/h6,9H,2-5,12H2,1H3/t6-,7+/m1/s1. The van der Waals surface area contributed by atoms with Crippen molar-refractivity contribution in [3.05, 3.63) is 0 Å². The summed E-state index contributed by atoms with van der Waals surface area (Å²) in [4.78, 5) is 0. The van der Waals surface area contributed by atoms with Crippen molar-refractivity contribution in [2.45, 2.75) is 24.9 Å². The van der Waals surface area contributed by atoms with Crippen LogP contribution in [-0.4, -0.2) is 39.1 Å². The molecular weight excluding hydrogens is 172 g/mol. The van der Waals surface area contributed by atoms with E-state index in [0.717, 1.165) is 19.5 Å². The van der Waals surface area contributed by atoms with Crippen LogP contribution in [0.15, 0.2) is 0 Å². The van der Waals surface area contributed by atoms with Crippen molar-refractivity contribution in [2.24, 2.45) is 0 Å². The Morgan fingerprint density at radius 3 is 3.08 bits per heavy atom. The molecule has 2 radical (unpaired) electrons. The lowest BCUT2D eigenvalue weighted by Crippen LogP contribution is -2.55. The lowest BCUT2D eigenvalue weighted by atomic mass is 9.92. The van der Waals surface area contributed by atoms with Gasteiger partial charge >= 0.3 is 0 Å². The molecule has 0 spiro atoms. The molecule has 1 aliphatic rings. The van der Waals surface area contributed by atoms with Gasteiger partial charge in [0.1, 0.15) is 13.4 Å². The molecule has 0 saturated carbocycles. The van der Waals surface area contributed by atoms with Gasteiger partial charge in [-0.1, -0.05) is 6.92 Å². The molecule has 0 aliphatic carbocycles. The van der Waals surface area contributed by atoms with Crippen LogP contribution >= 0.6 is 9.47 Å². The average molecular weight is 187 g/mol. The highest BCUT2D eigenvalue weighted by Crippen LogP contribution is 2.21. The van der Waals surface area contributed by atoms with E-state index < -0.39 is 0 Å². The quantitative estimate of drug-likeness (QED) is 0.500. The largest absolute Gasteiger partial charge is 0.377 e. The van der Waals surface area contributed by atoms with Gasteiger partial charge in [0.05, 0.1) is 6.61 Å². The van der Waals surface area contributed by atoms with Crippen LogP contribution in [0.2, 0.25) is 0 Å². The SMILES string of the molecule is [B][C@H]1CNC[C@@](CC)(COP)O1. The molecule has 1 saturated heterocycles. The molecule has 0 aromatic rings. The molecule has 68 valence electrons. The first-order valence-corrected chi connectivity index (χ1v) is 4.65. The Bertz CT molecular complexity index is 145. The topological polar surface area (TPSA) is 30.5 Å². The average Bonchev–Trinajstić information content (AvgIpc) is 2.05. The molecule has 0 bridgehead atoms. The first-order valence-electron chi connectivity index (χ1n) is 4.18. The highest BCUT2D eigenvalue weighted by Gasteiger charge is 2.33. The van der Waals surface area contributed by atoms with Crippen LogP contribution < -0.4 is 5.32 Å². The molecule has 5 heteroatoms. The third-order valence-electron chi connectivity index (χ3n) is 2.18. The third kappa shape index (κ3) is 2.43. The van der Waals surface area contributed by atoms with Crippen LogP contribution in [0.1, 0.15) is 13.3 Å². The Labute approximate surface area is 77.3 Å². The summed E-state index contributed by atoms with van der Waals surface area (Å²) in [6.07, 6.45) is 0.905. The summed E-state index contributed by atoms with van der Waals surface area (Å²) < 4.78 is 10.7. The molecule has 1 aliphatic heterocycles. The van der Waals surface area contributed by atoms with Crippen LogP contribution in [0.5, 0.6) is 0 Å². The summed E-state index contributed by atoms with van der Waals surface area (Å²) in [6.45, 7) is 4.17. The molecule has 3 atom stereocenters. The number of nitrogens with one attached hydrogen (secondary N) is 1. The smallest absolute Gasteiger partial charge is 0.110 e. The number of hydrogen-bond acceptors (Lipinski definition) is 3. The molecule has 3 nitrogen and oxygen atoms in total. The fourth-order valence-electron chi connectivity index (χ4n) is 1.39. The predicted octanol–water partition coefficient (Wildman–Crippen LogP) is 0.0563. The molecule has 12 heavy (non-hydrogen) atoms. The second-order valence-corrected chi connectivity index (χ2v) is 3.47. The fraction of sp³-hybridized carbons (Fsp3) is 1.00. The normalized spacial score (nSPS) is 36.7. The van der Waals surface area contributed by atoms with Gasteiger partial charge in [-0.05, 0) is 6.42 Å². The lowest BCUT2D eigenvalue weighted by molar-refractivity contribution is -0.106. The van der Waals surface area contributed by atoms with Crippen molar-refractivity contribution in [2.75, 3.05) is 19.7 Å². The zero-order chi connectivity index (χ0) is 9.03. The van der Waals surface area contributed by atoms with E-state index in [-0.39, 0.29) is 11.6 Å². The number of ether oxygens (including phenoxy) is 1. The first-order chi connectivity index (χ1) is 5.72. The zero-order valence-electron chi connectivity index (χ0n) is 7.38. The Balaban J connectivity index is 2.51. The molecule has 1 rings (SSSR count). The van der Waals surface area contributed by atoms with Gasteiger partial charge in [-0.15, -0.1) is 0 Å². The van der Waals surface area contributed by atoms with Gasteiger partial charge in [0.15, 0.2) is 0 Å². The number of morpholine rings is 1. The van der Waals surface area contributed by atoms with E-state index >= 15 is 0 Å². The summed E-state index contributed by atoms with van der Waals surface area (Å²) >= 11 is 0. The lowest BCUT2D eigenvalue weighted by Gasteiger charge is -2.40. The van der Waals surface area contributed by atoms with Crippen molar-refractivity contribution >= 4 is 17.3 Å². The number of hydrogen-bond donors (Lipinski definition) is 1. The summed E-state index contributed by atoms with van der Waals surface area (Å²) in [5.41, 5.74) is -0.237. The highest BCUT2D eigenvalue weighted by molar-refractivity contribution is 7.09. The molecule has 0 amide bonds. The van der Waals surface area contributed by atoms with E-state index in [1.165, 1.54) is 0 Å². The minimum absolute atomic E-state index is 0.209. The van der Waals surface area contributed by atoms with Gasteiger partial charge in [0, 0.05) is 28.6 Å². The molecule has 1 unspecified atom stereocenters. The van der Waals surface area contributed by atoms with Crippen molar-refractivity contribution < 1.29 is 9.26 Å². The Kier molecular flexibility index (Phi) is 3.98. The molecule has 1 heterocycles. The van der Waals surface area contributed by atoms with Crippen LogP contribution in [0.3, 0.4) is 0 Å². The van der Waals surface area contributed by atoms with Crippen LogP contribution in [0, 0.1) is 0 Å². The van der Waals surface area contributed by atoms with E-state index in [0.29, 0.717) is 6.61 Å². The van der Waals surface area contributed by atoms with E-state index in [2.05, 4.69) is 21.7 Å². The van der Waals surface area contributed by atoms with Crippen LogP contribution in [0.4, 0.5) is 0 Å². The van der Waals surface area contributed by atoms with E-state index in [1.54, 1.807) is 0 Å². The van der Waals surface area contributed by atoms with Gasteiger partial charge < -0.3 is 14.6 Å². The highest BCUT2D eigenvalue weighted by atomic mass is 31.0. The molecular formula is C7H15BNO2P.